The van der Waals surface area contributed by atoms with Crippen molar-refractivity contribution in [3.63, 3.8) is 0 Å². The van der Waals surface area contributed by atoms with Gasteiger partial charge in [0.15, 0.2) is 5.78 Å². The van der Waals surface area contributed by atoms with Gasteiger partial charge in [-0.15, -0.1) is 0 Å². The summed E-state index contributed by atoms with van der Waals surface area (Å²) in [7, 11) is 3.77. The second kappa shape index (κ2) is 6.95. The molecule has 21 heavy (non-hydrogen) atoms. The lowest BCUT2D eigenvalue weighted by molar-refractivity contribution is 0.0958. The van der Waals surface area contributed by atoms with Crippen LogP contribution >= 0.6 is 0 Å². The van der Waals surface area contributed by atoms with Crippen LogP contribution in [0.2, 0.25) is 0 Å². The average molecular weight is 280 g/mol. The third kappa shape index (κ3) is 4.65. The van der Waals surface area contributed by atoms with Crippen LogP contribution in [0.4, 0.5) is 5.69 Å². The summed E-state index contributed by atoms with van der Waals surface area (Å²) in [5.74, 6) is 0.120. The van der Waals surface area contributed by atoms with Crippen molar-refractivity contribution in [2.45, 2.75) is 6.92 Å². The van der Waals surface area contributed by atoms with Crippen molar-refractivity contribution < 1.29 is 4.79 Å². The van der Waals surface area contributed by atoms with Gasteiger partial charge in [0, 0.05) is 11.8 Å². The third-order valence-electron chi connectivity index (χ3n) is 3.09. The van der Waals surface area contributed by atoms with Gasteiger partial charge in [-0.2, -0.15) is 0 Å². The second-order valence-electron chi connectivity index (χ2n) is 5.38. The van der Waals surface area contributed by atoms with E-state index in [1.807, 2.05) is 61.6 Å². The summed E-state index contributed by atoms with van der Waals surface area (Å²) in [4.78, 5) is 18.2. The monoisotopic (exact) mass is 280 g/mol. The van der Waals surface area contributed by atoms with E-state index in [4.69, 9.17) is 0 Å². The van der Waals surface area contributed by atoms with E-state index in [0.717, 1.165) is 16.8 Å². The molecule has 3 heteroatoms. The number of carbonyl (C=O) groups excluding carboxylic acids is 1. The lowest BCUT2D eigenvalue weighted by Gasteiger charge is -2.08. The number of hydrogen-bond donors (Lipinski definition) is 0. The zero-order valence-corrected chi connectivity index (χ0v) is 12.7. The number of hydrogen-bond acceptors (Lipinski definition) is 3. The highest BCUT2D eigenvalue weighted by Gasteiger charge is 2.06. The molecule has 0 aromatic heterocycles. The lowest BCUT2D eigenvalue weighted by Crippen LogP contribution is -2.21. The van der Waals surface area contributed by atoms with Crippen molar-refractivity contribution in [2.24, 2.45) is 4.99 Å². The summed E-state index contributed by atoms with van der Waals surface area (Å²) in [6.45, 7) is 2.48. The SMILES string of the molecule is Cc1ccc(C=Nc2ccc(C(=O)CN(C)C)cc2)cc1. The Hall–Kier alpha value is -2.26. The van der Waals surface area contributed by atoms with E-state index < -0.39 is 0 Å². The first-order valence-corrected chi connectivity index (χ1v) is 6.93. The number of aryl methyl sites for hydroxylation is 1. The van der Waals surface area contributed by atoms with E-state index in [1.54, 1.807) is 0 Å². The van der Waals surface area contributed by atoms with E-state index in [1.165, 1.54) is 5.56 Å². The van der Waals surface area contributed by atoms with Crippen LogP contribution in [-0.4, -0.2) is 37.5 Å². The molecule has 2 rings (SSSR count). The Morgan fingerprint density at radius 1 is 1.05 bits per heavy atom. The molecule has 2 aromatic carbocycles. The number of benzene rings is 2. The van der Waals surface area contributed by atoms with Gasteiger partial charge in [0.05, 0.1) is 12.2 Å². The summed E-state index contributed by atoms with van der Waals surface area (Å²) >= 11 is 0. The van der Waals surface area contributed by atoms with Gasteiger partial charge in [-0.25, -0.2) is 0 Å². The number of carbonyl (C=O) groups is 1. The molecule has 0 aliphatic rings. The molecular formula is C18H20N2O. The highest BCUT2D eigenvalue weighted by atomic mass is 16.1. The molecule has 0 N–H and O–H groups in total. The highest BCUT2D eigenvalue weighted by Crippen LogP contribution is 2.14. The van der Waals surface area contributed by atoms with E-state index in [-0.39, 0.29) is 5.78 Å². The molecule has 0 aliphatic carbocycles. The van der Waals surface area contributed by atoms with Crippen molar-refractivity contribution in [1.29, 1.82) is 0 Å². The van der Waals surface area contributed by atoms with E-state index in [0.29, 0.717) is 6.54 Å². The molecule has 0 radical (unpaired) electrons. The normalized spacial score (nSPS) is 11.2. The number of aliphatic imine (C=N–C) groups is 1. The summed E-state index contributed by atoms with van der Waals surface area (Å²) in [5, 5.41) is 0. The van der Waals surface area contributed by atoms with Crippen molar-refractivity contribution in [3.8, 4) is 0 Å². The standard InChI is InChI=1S/C18H20N2O/c1-14-4-6-15(7-5-14)12-19-17-10-8-16(9-11-17)18(21)13-20(2)3/h4-12H,13H2,1-3H3. The molecule has 0 aliphatic heterocycles. The zero-order valence-electron chi connectivity index (χ0n) is 12.7. The molecule has 3 nitrogen and oxygen atoms in total. The molecular weight excluding hydrogens is 260 g/mol. The number of rotatable bonds is 5. The molecule has 0 heterocycles. The Balaban J connectivity index is 2.05. The van der Waals surface area contributed by atoms with Crippen LogP contribution in [-0.2, 0) is 0 Å². The van der Waals surface area contributed by atoms with Gasteiger partial charge in [-0.3, -0.25) is 9.79 Å². The molecule has 0 saturated carbocycles. The molecule has 108 valence electrons. The Kier molecular flexibility index (Phi) is 5.01. The van der Waals surface area contributed by atoms with Gasteiger partial charge >= 0.3 is 0 Å². The summed E-state index contributed by atoms with van der Waals surface area (Å²) in [5.41, 5.74) is 3.86. The Morgan fingerprint density at radius 3 is 2.24 bits per heavy atom. The number of likely N-dealkylation sites (N-methyl/N-ethyl adjacent to an activating group) is 1. The maximum absolute atomic E-state index is 11.9. The minimum atomic E-state index is 0.120. The van der Waals surface area contributed by atoms with Crippen LogP contribution in [0.1, 0.15) is 21.5 Å². The molecule has 0 atom stereocenters. The Bertz CT molecular complexity index is 625. The Labute approximate surface area is 125 Å². The summed E-state index contributed by atoms with van der Waals surface area (Å²) in [6.07, 6.45) is 1.83. The van der Waals surface area contributed by atoms with E-state index >= 15 is 0 Å². The van der Waals surface area contributed by atoms with E-state index in [9.17, 15) is 4.79 Å². The van der Waals surface area contributed by atoms with Crippen LogP contribution in [0.5, 0.6) is 0 Å². The quantitative estimate of drug-likeness (QED) is 0.620. The number of ketones is 1. The molecule has 0 unspecified atom stereocenters. The van der Waals surface area contributed by atoms with Crippen LogP contribution in [0.15, 0.2) is 53.5 Å². The highest BCUT2D eigenvalue weighted by molar-refractivity contribution is 5.97. The van der Waals surface area contributed by atoms with Gasteiger partial charge in [0.2, 0.25) is 0 Å². The fraction of sp³-hybridized carbons (Fsp3) is 0.222. The molecule has 0 bridgehead atoms. The minimum Gasteiger partial charge on any atom is -0.302 e. The third-order valence-corrected chi connectivity index (χ3v) is 3.09. The predicted octanol–water partition coefficient (Wildman–Crippen LogP) is 3.49. The van der Waals surface area contributed by atoms with Crippen LogP contribution < -0.4 is 0 Å². The van der Waals surface area contributed by atoms with Crippen molar-refractivity contribution >= 4 is 17.7 Å². The number of Topliss-reactive ketones (excluding diaryl/α,β-unsaturated/α-hetero) is 1. The predicted molar refractivity (Wildman–Crippen MR) is 87.8 cm³/mol. The average Bonchev–Trinajstić information content (AvgIpc) is 2.46. The minimum absolute atomic E-state index is 0.120. The van der Waals surface area contributed by atoms with Crippen molar-refractivity contribution in [1.82, 2.24) is 4.90 Å². The fourth-order valence-electron chi connectivity index (χ4n) is 1.91. The van der Waals surface area contributed by atoms with Gasteiger partial charge in [0.1, 0.15) is 0 Å². The molecule has 0 spiro atoms. The largest absolute Gasteiger partial charge is 0.302 e. The van der Waals surface area contributed by atoms with Crippen LogP contribution in [0, 0.1) is 6.92 Å². The molecule has 0 fully saturated rings. The zero-order chi connectivity index (χ0) is 15.2. The van der Waals surface area contributed by atoms with Crippen LogP contribution in [0.3, 0.4) is 0 Å². The van der Waals surface area contributed by atoms with Crippen molar-refractivity contribution in [3.05, 3.63) is 65.2 Å². The first kappa shape index (κ1) is 15.1. The van der Waals surface area contributed by atoms with Crippen molar-refractivity contribution in [2.75, 3.05) is 20.6 Å². The lowest BCUT2D eigenvalue weighted by atomic mass is 10.1. The molecule has 2 aromatic rings. The van der Waals surface area contributed by atoms with Gasteiger partial charge in [-0.05, 0) is 50.8 Å². The molecule has 0 amide bonds. The van der Waals surface area contributed by atoms with Crippen LogP contribution in [0.25, 0.3) is 0 Å². The van der Waals surface area contributed by atoms with Gasteiger partial charge in [-0.1, -0.05) is 29.8 Å². The van der Waals surface area contributed by atoms with Gasteiger partial charge in [0.25, 0.3) is 0 Å². The molecule has 0 saturated heterocycles. The maximum Gasteiger partial charge on any atom is 0.176 e. The number of nitrogens with zero attached hydrogens (tertiary/aromatic N) is 2. The summed E-state index contributed by atoms with van der Waals surface area (Å²) in [6, 6.07) is 15.6. The smallest absolute Gasteiger partial charge is 0.176 e. The summed E-state index contributed by atoms with van der Waals surface area (Å²) < 4.78 is 0. The second-order valence-corrected chi connectivity index (χ2v) is 5.38. The fourth-order valence-corrected chi connectivity index (χ4v) is 1.91. The van der Waals surface area contributed by atoms with Gasteiger partial charge < -0.3 is 4.90 Å². The maximum atomic E-state index is 11.9. The Morgan fingerprint density at radius 2 is 1.67 bits per heavy atom. The first-order chi connectivity index (χ1) is 10.0. The van der Waals surface area contributed by atoms with E-state index in [2.05, 4.69) is 24.0 Å². The topological polar surface area (TPSA) is 32.7 Å². The first-order valence-electron chi connectivity index (χ1n) is 6.93.